The van der Waals surface area contributed by atoms with Gasteiger partial charge in [-0.3, -0.25) is 0 Å². The van der Waals surface area contributed by atoms with Crippen molar-refractivity contribution in [2.24, 2.45) is 0 Å². The highest BCUT2D eigenvalue weighted by Crippen LogP contribution is 2.40. The van der Waals surface area contributed by atoms with Gasteiger partial charge in [0.2, 0.25) is 5.89 Å². The summed E-state index contributed by atoms with van der Waals surface area (Å²) in [5, 5.41) is 4.53. The molecule has 2 nitrogen and oxygen atoms in total. The Labute approximate surface area is 203 Å². The maximum atomic E-state index is 6.42. The quantitative estimate of drug-likeness (QED) is 0.252. The van der Waals surface area contributed by atoms with Crippen molar-refractivity contribution in [3.05, 3.63) is 127 Å². The highest BCUT2D eigenvalue weighted by Gasteiger charge is 2.17. The van der Waals surface area contributed by atoms with E-state index in [-0.39, 0.29) is 0 Å². The molecule has 0 unspecified atom stereocenters. The first-order valence-corrected chi connectivity index (χ1v) is 11.8. The van der Waals surface area contributed by atoms with Crippen LogP contribution in [-0.2, 0) is 0 Å². The van der Waals surface area contributed by atoms with Crippen LogP contribution in [0, 0.1) is 0 Å². The van der Waals surface area contributed by atoms with E-state index in [9.17, 15) is 0 Å². The van der Waals surface area contributed by atoms with Crippen molar-refractivity contribution in [1.82, 2.24) is 4.98 Å². The van der Waals surface area contributed by atoms with Crippen LogP contribution in [0.3, 0.4) is 0 Å². The lowest BCUT2D eigenvalue weighted by atomic mass is 9.94. The smallest absolute Gasteiger partial charge is 0.227 e. The van der Waals surface area contributed by atoms with Gasteiger partial charge >= 0.3 is 0 Å². The van der Waals surface area contributed by atoms with Crippen molar-refractivity contribution in [2.75, 3.05) is 0 Å². The van der Waals surface area contributed by atoms with Gasteiger partial charge in [0, 0.05) is 16.3 Å². The van der Waals surface area contributed by atoms with Gasteiger partial charge in [0.05, 0.1) is 0 Å². The third-order valence-corrected chi connectivity index (χ3v) is 6.69. The summed E-state index contributed by atoms with van der Waals surface area (Å²) in [5.41, 5.74) is 7.49. The second kappa shape index (κ2) is 7.96. The molecule has 1 heterocycles. The molecule has 0 aliphatic rings. The molecular weight excluding hydrogens is 426 g/mol. The Hall–Kier alpha value is -4.69. The molecule has 0 atom stereocenters. The molecule has 6 aromatic carbocycles. The zero-order valence-electron chi connectivity index (χ0n) is 19.0. The molecule has 0 aliphatic heterocycles. The van der Waals surface area contributed by atoms with Crippen molar-refractivity contribution in [3.63, 3.8) is 0 Å². The van der Waals surface area contributed by atoms with Crippen molar-refractivity contribution in [1.29, 1.82) is 0 Å². The topological polar surface area (TPSA) is 26.0 Å². The van der Waals surface area contributed by atoms with Gasteiger partial charge in [0.1, 0.15) is 5.52 Å². The van der Waals surface area contributed by atoms with Crippen LogP contribution in [0.4, 0.5) is 0 Å². The fourth-order valence-corrected chi connectivity index (χ4v) is 4.95. The van der Waals surface area contributed by atoms with E-state index in [0.717, 1.165) is 27.4 Å². The van der Waals surface area contributed by atoms with Gasteiger partial charge in [-0.25, -0.2) is 4.98 Å². The minimum absolute atomic E-state index is 0.647. The van der Waals surface area contributed by atoms with Gasteiger partial charge < -0.3 is 4.42 Å². The predicted octanol–water partition coefficient (Wildman–Crippen LogP) is 9.14. The van der Waals surface area contributed by atoms with E-state index >= 15 is 0 Å². The normalized spacial score (nSPS) is 11.4. The van der Waals surface area contributed by atoms with E-state index in [1.54, 1.807) is 0 Å². The number of rotatable bonds is 3. The average Bonchev–Trinajstić information content (AvgIpc) is 3.40. The predicted molar refractivity (Wildman–Crippen MR) is 145 cm³/mol. The van der Waals surface area contributed by atoms with Crippen LogP contribution in [0.25, 0.3) is 66.4 Å². The molecular formula is C33H21NO. The van der Waals surface area contributed by atoms with E-state index in [0.29, 0.717) is 5.89 Å². The monoisotopic (exact) mass is 447 g/mol. The maximum absolute atomic E-state index is 6.42. The van der Waals surface area contributed by atoms with E-state index in [4.69, 9.17) is 9.40 Å². The van der Waals surface area contributed by atoms with Crippen LogP contribution >= 0.6 is 0 Å². The highest BCUT2D eigenvalue weighted by molar-refractivity contribution is 6.24. The molecule has 0 amide bonds. The van der Waals surface area contributed by atoms with Gasteiger partial charge in [-0.15, -0.1) is 0 Å². The first-order valence-electron chi connectivity index (χ1n) is 11.8. The van der Waals surface area contributed by atoms with Crippen LogP contribution in [0.2, 0.25) is 0 Å². The third-order valence-electron chi connectivity index (χ3n) is 6.69. The molecule has 7 rings (SSSR count). The second-order valence-corrected chi connectivity index (χ2v) is 8.82. The molecule has 0 saturated heterocycles. The molecule has 164 valence electrons. The van der Waals surface area contributed by atoms with Crippen molar-refractivity contribution in [2.45, 2.75) is 0 Å². The molecule has 0 fully saturated rings. The van der Waals surface area contributed by atoms with Gasteiger partial charge in [-0.05, 0) is 63.4 Å². The molecule has 0 radical (unpaired) electrons. The summed E-state index contributed by atoms with van der Waals surface area (Å²) in [6.07, 6.45) is 0. The largest absolute Gasteiger partial charge is 0.435 e. The van der Waals surface area contributed by atoms with E-state index in [1.165, 1.54) is 33.0 Å². The number of benzene rings is 6. The summed E-state index contributed by atoms with van der Waals surface area (Å²) in [7, 11) is 0. The molecule has 2 heteroatoms. The van der Waals surface area contributed by atoms with Gasteiger partial charge in [-0.2, -0.15) is 0 Å². The minimum Gasteiger partial charge on any atom is -0.435 e. The minimum atomic E-state index is 0.647. The van der Waals surface area contributed by atoms with E-state index < -0.39 is 0 Å². The molecule has 0 aliphatic carbocycles. The molecule has 0 N–H and O–H groups in total. The fourth-order valence-electron chi connectivity index (χ4n) is 4.95. The highest BCUT2D eigenvalue weighted by atomic mass is 16.3. The number of nitrogens with zero attached hydrogens (tertiary/aromatic N) is 1. The van der Waals surface area contributed by atoms with Crippen LogP contribution < -0.4 is 0 Å². The standard InChI is InChI=1S/C33H21NO/c1-4-10-22(11-5-1)25-16-18-27-29(20-25)30-21-26(23-12-6-2-7-13-23)17-19-28(30)32-31(27)34-33(35-32)24-14-8-3-9-15-24/h1-21H. The lowest BCUT2D eigenvalue weighted by molar-refractivity contribution is 0.623. The Morgan fingerprint density at radius 3 is 1.46 bits per heavy atom. The SMILES string of the molecule is c1ccc(-c2ccc3c(c2)c2cc(-c4ccccc4)ccc2c2oc(-c4ccccc4)nc32)cc1. The van der Waals surface area contributed by atoms with E-state index in [2.05, 4.69) is 97.1 Å². The Balaban J connectivity index is 1.57. The Kier molecular flexibility index (Phi) is 4.49. The Bertz CT molecular complexity index is 1700. The third kappa shape index (κ3) is 3.31. The number of aromatic nitrogens is 1. The molecule has 1 aromatic heterocycles. The van der Waals surface area contributed by atoms with Gasteiger partial charge in [0.25, 0.3) is 0 Å². The first-order chi connectivity index (χ1) is 17.3. The zero-order chi connectivity index (χ0) is 23.2. The first kappa shape index (κ1) is 19.7. The van der Waals surface area contributed by atoms with Crippen LogP contribution in [-0.4, -0.2) is 4.98 Å². The van der Waals surface area contributed by atoms with Crippen molar-refractivity contribution >= 4 is 32.6 Å². The van der Waals surface area contributed by atoms with Crippen molar-refractivity contribution in [3.8, 4) is 33.7 Å². The Morgan fingerprint density at radius 2 is 0.886 bits per heavy atom. The molecule has 0 spiro atoms. The number of hydrogen-bond acceptors (Lipinski definition) is 2. The maximum Gasteiger partial charge on any atom is 0.227 e. The summed E-state index contributed by atoms with van der Waals surface area (Å²) in [5.74, 6) is 0.647. The van der Waals surface area contributed by atoms with Crippen LogP contribution in [0.15, 0.2) is 132 Å². The van der Waals surface area contributed by atoms with Crippen LogP contribution in [0.1, 0.15) is 0 Å². The van der Waals surface area contributed by atoms with Crippen molar-refractivity contribution < 1.29 is 4.42 Å². The Morgan fingerprint density at radius 1 is 0.400 bits per heavy atom. The number of hydrogen-bond donors (Lipinski definition) is 0. The molecule has 35 heavy (non-hydrogen) atoms. The molecule has 7 aromatic rings. The lowest BCUT2D eigenvalue weighted by Crippen LogP contribution is -1.85. The lowest BCUT2D eigenvalue weighted by Gasteiger charge is -2.10. The summed E-state index contributed by atoms with van der Waals surface area (Å²) < 4.78 is 6.42. The van der Waals surface area contributed by atoms with Gasteiger partial charge in [-0.1, -0.05) is 97.1 Å². The summed E-state index contributed by atoms with van der Waals surface area (Å²) in [6, 6.07) is 44.4. The summed E-state index contributed by atoms with van der Waals surface area (Å²) in [4.78, 5) is 4.98. The molecule has 0 bridgehead atoms. The number of oxazole rings is 1. The summed E-state index contributed by atoms with van der Waals surface area (Å²) >= 11 is 0. The average molecular weight is 448 g/mol. The fraction of sp³-hybridized carbons (Fsp3) is 0. The second-order valence-electron chi connectivity index (χ2n) is 8.82. The molecule has 0 saturated carbocycles. The van der Waals surface area contributed by atoms with Gasteiger partial charge in [0.15, 0.2) is 5.58 Å². The zero-order valence-corrected chi connectivity index (χ0v) is 19.0. The summed E-state index contributed by atoms with van der Waals surface area (Å²) in [6.45, 7) is 0. The van der Waals surface area contributed by atoms with Crippen LogP contribution in [0.5, 0.6) is 0 Å². The van der Waals surface area contributed by atoms with E-state index in [1.807, 2.05) is 30.3 Å². The number of fused-ring (bicyclic) bond motifs is 6.